The second kappa shape index (κ2) is 16.8. The van der Waals surface area contributed by atoms with Gasteiger partial charge in [-0.1, -0.05) is 170 Å². The molecule has 0 amide bonds. The van der Waals surface area contributed by atoms with Crippen LogP contribution in [0.5, 0.6) is 0 Å². The lowest BCUT2D eigenvalue weighted by Gasteiger charge is -2.48. The lowest BCUT2D eigenvalue weighted by molar-refractivity contribution is 0.332. The monoisotopic (exact) mass is 948 g/mol. The minimum atomic E-state index is -0.0434. The summed E-state index contributed by atoms with van der Waals surface area (Å²) >= 11 is 0. The van der Waals surface area contributed by atoms with E-state index in [-0.39, 0.29) is 33.8 Å². The summed E-state index contributed by atoms with van der Waals surface area (Å²) in [4.78, 5) is 7.86. The van der Waals surface area contributed by atoms with Crippen LogP contribution in [0.15, 0.2) is 140 Å². The smallest absolute Gasteiger partial charge is 0.252 e. The third kappa shape index (κ3) is 7.84. The van der Waals surface area contributed by atoms with Crippen LogP contribution in [0.4, 0.5) is 51.2 Å². The van der Waals surface area contributed by atoms with Gasteiger partial charge in [0, 0.05) is 45.5 Å². The fourth-order valence-electron chi connectivity index (χ4n) is 13.3. The Morgan fingerprint density at radius 1 is 0.500 bits per heavy atom. The Hall–Kier alpha value is -6.00. The molecular formula is C68H78BN3. The van der Waals surface area contributed by atoms with Crippen LogP contribution in [0.1, 0.15) is 167 Å². The number of anilines is 9. The molecule has 0 N–H and O–H groups in total. The average molecular weight is 948 g/mol. The molecule has 2 heterocycles. The van der Waals surface area contributed by atoms with Crippen LogP contribution in [0.2, 0.25) is 0 Å². The van der Waals surface area contributed by atoms with Gasteiger partial charge in [0.25, 0.3) is 6.71 Å². The predicted octanol–water partition coefficient (Wildman–Crippen LogP) is 17.3. The van der Waals surface area contributed by atoms with Crippen LogP contribution < -0.4 is 31.1 Å². The molecule has 0 bridgehead atoms. The molecule has 0 radical (unpaired) electrons. The van der Waals surface area contributed by atoms with E-state index in [1.54, 1.807) is 0 Å². The molecule has 0 saturated heterocycles. The standard InChI is InChI=1S/C68H78BN3/c1-43(2)51-32-33-66(10,11)53-29-28-49(38-52(51)53)71-60-42-55-54(67(12,13)34-35-68(55,14)15)41-57(60)69-56-37-46(65(7,8)9)27-31-59(56)72(58-30-26-45(36-44(58)3)64(4,5)6)62-40-50(39-61(71)63(62)69)70(47-22-18-16-19-23-47)48-24-20-17-21-25-48/h16-31,36-43,51H,32-35H2,1-15H3. The van der Waals surface area contributed by atoms with E-state index in [9.17, 15) is 0 Å². The SMILES string of the molecule is Cc1cc(C(C)(C)C)ccc1N1c2ccc(C(C)(C)C)cc2B2c3cc4c(cc3N(c3ccc5c(c3)C(C(C)C)CCC5(C)C)c3cc(N(c5ccccc5)c5ccccc5)cc1c32)C(C)(C)CCC4(C)C. The topological polar surface area (TPSA) is 9.72 Å². The summed E-state index contributed by atoms with van der Waals surface area (Å²) in [7, 11) is 0. The van der Waals surface area contributed by atoms with E-state index in [4.69, 9.17) is 0 Å². The molecule has 0 fully saturated rings. The normalized spacial score (nSPS) is 18.2. The number of hydrogen-bond donors (Lipinski definition) is 0. The molecule has 11 rings (SSSR count). The van der Waals surface area contributed by atoms with E-state index < -0.39 is 0 Å². The number of fused-ring (bicyclic) bond motifs is 6. The van der Waals surface area contributed by atoms with Crippen molar-refractivity contribution in [3.63, 3.8) is 0 Å². The van der Waals surface area contributed by atoms with Crippen molar-refractivity contribution in [1.82, 2.24) is 0 Å². The van der Waals surface area contributed by atoms with E-state index >= 15 is 0 Å². The number of hydrogen-bond acceptors (Lipinski definition) is 3. The van der Waals surface area contributed by atoms with E-state index in [0.717, 1.165) is 23.5 Å². The van der Waals surface area contributed by atoms with Gasteiger partial charge in [-0.3, -0.25) is 0 Å². The van der Waals surface area contributed by atoms with E-state index in [2.05, 4.69) is 258 Å². The second-order valence-electron chi connectivity index (χ2n) is 26.6. The van der Waals surface area contributed by atoms with Gasteiger partial charge >= 0.3 is 0 Å². The minimum Gasteiger partial charge on any atom is -0.311 e. The van der Waals surface area contributed by atoms with Crippen molar-refractivity contribution in [3.05, 3.63) is 178 Å². The van der Waals surface area contributed by atoms with E-state index in [1.165, 1.54) is 109 Å². The van der Waals surface area contributed by atoms with Crippen molar-refractivity contribution in [3.8, 4) is 0 Å². The first-order valence-electron chi connectivity index (χ1n) is 27.2. The summed E-state index contributed by atoms with van der Waals surface area (Å²) in [6.45, 7) is 36.2. The van der Waals surface area contributed by atoms with E-state index in [0.29, 0.717) is 11.8 Å². The molecule has 0 saturated carbocycles. The Morgan fingerprint density at radius 3 is 1.60 bits per heavy atom. The maximum absolute atomic E-state index is 2.73. The molecule has 4 aliphatic rings. The third-order valence-corrected chi connectivity index (χ3v) is 17.8. The summed E-state index contributed by atoms with van der Waals surface area (Å²) < 4.78 is 0. The van der Waals surface area contributed by atoms with Gasteiger partial charge in [0.2, 0.25) is 0 Å². The Balaban J connectivity index is 1.31. The quantitative estimate of drug-likeness (QED) is 0.154. The third-order valence-electron chi connectivity index (χ3n) is 17.8. The second-order valence-corrected chi connectivity index (χ2v) is 26.6. The van der Waals surface area contributed by atoms with Gasteiger partial charge < -0.3 is 14.7 Å². The van der Waals surface area contributed by atoms with Gasteiger partial charge in [-0.15, -0.1) is 0 Å². The largest absolute Gasteiger partial charge is 0.311 e. The molecule has 0 spiro atoms. The van der Waals surface area contributed by atoms with Gasteiger partial charge in [0.05, 0.1) is 5.69 Å². The Morgan fingerprint density at radius 2 is 1.03 bits per heavy atom. The van der Waals surface area contributed by atoms with Gasteiger partial charge in [0.1, 0.15) is 0 Å². The summed E-state index contributed by atoms with van der Waals surface area (Å²) in [6, 6.07) is 54.8. The molecule has 0 aromatic heterocycles. The highest BCUT2D eigenvalue weighted by Gasteiger charge is 2.48. The molecule has 1 unspecified atom stereocenters. The van der Waals surface area contributed by atoms with Crippen LogP contribution in [-0.4, -0.2) is 6.71 Å². The summed E-state index contributed by atoms with van der Waals surface area (Å²) in [5.41, 5.74) is 25.3. The number of rotatable bonds is 6. The van der Waals surface area contributed by atoms with Crippen LogP contribution in [0.25, 0.3) is 0 Å². The highest BCUT2D eigenvalue weighted by Crippen LogP contribution is 2.54. The number of benzene rings is 7. The molecule has 1 atom stereocenters. The average Bonchev–Trinajstić information content (AvgIpc) is 3.32. The van der Waals surface area contributed by atoms with Gasteiger partial charge in [-0.25, -0.2) is 0 Å². The van der Waals surface area contributed by atoms with E-state index in [1.807, 2.05) is 0 Å². The van der Waals surface area contributed by atoms with Crippen molar-refractivity contribution < 1.29 is 0 Å². The van der Waals surface area contributed by atoms with Crippen molar-refractivity contribution in [2.75, 3.05) is 14.7 Å². The zero-order valence-corrected chi connectivity index (χ0v) is 46.2. The highest BCUT2D eigenvalue weighted by atomic mass is 15.2. The molecule has 7 aromatic rings. The summed E-state index contributed by atoms with van der Waals surface area (Å²) in [5.74, 6) is 1.04. The van der Waals surface area contributed by atoms with Crippen molar-refractivity contribution in [2.45, 2.75) is 163 Å². The lowest BCUT2D eigenvalue weighted by Crippen LogP contribution is -2.62. The number of nitrogens with zero attached hydrogens (tertiary/aromatic N) is 3. The molecule has 368 valence electrons. The Kier molecular flexibility index (Phi) is 11.2. The van der Waals surface area contributed by atoms with Crippen LogP contribution in [0, 0.1) is 12.8 Å². The maximum Gasteiger partial charge on any atom is 0.252 e. The molecule has 2 aliphatic heterocycles. The molecule has 4 heteroatoms. The molecule has 7 aromatic carbocycles. The summed E-state index contributed by atoms with van der Waals surface area (Å²) in [6.07, 6.45) is 4.74. The van der Waals surface area contributed by atoms with Gasteiger partial charge in [0.15, 0.2) is 0 Å². The zero-order valence-electron chi connectivity index (χ0n) is 46.2. The van der Waals surface area contributed by atoms with Gasteiger partial charge in [-0.2, -0.15) is 0 Å². The Bertz CT molecular complexity index is 3210. The van der Waals surface area contributed by atoms with Crippen molar-refractivity contribution in [2.24, 2.45) is 5.92 Å². The molecular weight excluding hydrogens is 870 g/mol. The fourth-order valence-corrected chi connectivity index (χ4v) is 13.3. The maximum atomic E-state index is 2.73. The van der Waals surface area contributed by atoms with Crippen LogP contribution >= 0.6 is 0 Å². The van der Waals surface area contributed by atoms with Crippen LogP contribution in [0.3, 0.4) is 0 Å². The molecule has 3 nitrogen and oxygen atoms in total. The summed E-state index contributed by atoms with van der Waals surface area (Å²) in [5, 5.41) is 0. The molecule has 2 aliphatic carbocycles. The Labute approximate surface area is 433 Å². The first kappa shape index (κ1) is 48.3. The zero-order chi connectivity index (χ0) is 51.0. The van der Waals surface area contributed by atoms with Crippen LogP contribution in [-0.2, 0) is 27.1 Å². The predicted molar refractivity (Wildman–Crippen MR) is 312 cm³/mol. The lowest BCUT2D eigenvalue weighted by atomic mass is 9.33. The van der Waals surface area contributed by atoms with Gasteiger partial charge in [-0.05, 0) is 194 Å². The first-order valence-corrected chi connectivity index (χ1v) is 27.2. The van der Waals surface area contributed by atoms with Crippen molar-refractivity contribution >= 4 is 74.3 Å². The van der Waals surface area contributed by atoms with Crippen molar-refractivity contribution in [1.29, 1.82) is 0 Å². The fraction of sp³-hybridized carbons (Fsp3) is 0.382. The minimum absolute atomic E-state index is 0.00832. The highest BCUT2D eigenvalue weighted by molar-refractivity contribution is 7.00. The molecule has 72 heavy (non-hydrogen) atoms. The number of aryl methyl sites for hydroxylation is 1. The number of para-hydroxylation sites is 2. The first-order chi connectivity index (χ1) is 33.9.